The molecule has 1 amide bonds. The predicted molar refractivity (Wildman–Crippen MR) is 166 cm³/mol. The summed E-state index contributed by atoms with van der Waals surface area (Å²) in [7, 11) is 0. The maximum atomic E-state index is 13.4. The summed E-state index contributed by atoms with van der Waals surface area (Å²) in [6, 6.07) is 7.32. The van der Waals surface area contributed by atoms with Gasteiger partial charge >= 0.3 is 5.97 Å². The number of hydrogen-bond donors (Lipinski definition) is 2. The van der Waals surface area contributed by atoms with Gasteiger partial charge in [0.2, 0.25) is 5.91 Å². The fourth-order valence-electron chi connectivity index (χ4n) is 5.74. The van der Waals surface area contributed by atoms with E-state index in [2.05, 4.69) is 41.1 Å². The summed E-state index contributed by atoms with van der Waals surface area (Å²) in [5.41, 5.74) is 3.96. The minimum absolute atomic E-state index is 0.240. The largest absolute Gasteiger partial charge is 0.480 e. The first-order valence-corrected chi connectivity index (χ1v) is 16.7. The van der Waals surface area contributed by atoms with Crippen molar-refractivity contribution in [1.82, 2.24) is 15.1 Å². The minimum atomic E-state index is -0.975. The van der Waals surface area contributed by atoms with E-state index in [1.54, 1.807) is 11.8 Å². The van der Waals surface area contributed by atoms with Crippen LogP contribution in [0.4, 0.5) is 0 Å². The van der Waals surface area contributed by atoms with E-state index < -0.39 is 12.0 Å². The van der Waals surface area contributed by atoms with Gasteiger partial charge in [0.1, 0.15) is 6.04 Å². The summed E-state index contributed by atoms with van der Waals surface area (Å²) < 4.78 is 6.24. The van der Waals surface area contributed by atoms with Gasteiger partial charge < -0.3 is 15.2 Å². The number of carboxylic acid groups (broad SMARTS) is 1. The van der Waals surface area contributed by atoms with Gasteiger partial charge in [-0.1, -0.05) is 56.9 Å². The lowest BCUT2D eigenvalue weighted by atomic mass is 9.90. The van der Waals surface area contributed by atoms with Gasteiger partial charge in [0.25, 0.3) is 0 Å². The number of amides is 1. The highest BCUT2D eigenvalue weighted by Crippen LogP contribution is 2.29. The van der Waals surface area contributed by atoms with Gasteiger partial charge in [-0.2, -0.15) is 11.8 Å². The van der Waals surface area contributed by atoms with Crippen LogP contribution in [0.5, 0.6) is 0 Å². The smallest absolute Gasteiger partial charge is 0.326 e. The molecule has 0 saturated heterocycles. The van der Waals surface area contributed by atoms with Gasteiger partial charge in [0.15, 0.2) is 0 Å². The van der Waals surface area contributed by atoms with Crippen LogP contribution < -0.4 is 5.32 Å². The van der Waals surface area contributed by atoms with Crippen LogP contribution in [0.3, 0.4) is 0 Å². The van der Waals surface area contributed by atoms with Crippen molar-refractivity contribution in [1.29, 1.82) is 0 Å². The number of ether oxygens (including phenoxy) is 1. The molecule has 7 nitrogen and oxygen atoms in total. The number of carbonyl (C=O) groups is 2. The number of nitrogens with zero attached hydrogens (tertiary/aromatic N) is 2. The highest BCUT2D eigenvalue weighted by molar-refractivity contribution is 7.98. The van der Waals surface area contributed by atoms with E-state index in [1.807, 2.05) is 18.4 Å². The second-order valence-electron chi connectivity index (χ2n) is 11.3. The predicted octanol–water partition coefficient (Wildman–Crippen LogP) is 5.23. The van der Waals surface area contributed by atoms with Gasteiger partial charge in [-0.25, -0.2) is 4.79 Å². The average molecular weight is 574 g/mol. The molecule has 1 heterocycles. The van der Waals surface area contributed by atoms with Gasteiger partial charge in [-0.05, 0) is 74.3 Å². The van der Waals surface area contributed by atoms with E-state index in [4.69, 9.17) is 4.74 Å². The molecule has 1 aromatic carbocycles. The molecule has 0 spiro atoms. The number of benzene rings is 1. The molecule has 1 saturated carbocycles. The maximum Gasteiger partial charge on any atom is 0.326 e. The molecule has 1 aliphatic heterocycles. The zero-order chi connectivity index (χ0) is 28.7. The quantitative estimate of drug-likeness (QED) is 0.264. The number of aliphatic carboxylic acids is 1. The van der Waals surface area contributed by atoms with Crippen LogP contribution in [0.15, 0.2) is 29.8 Å². The number of rotatable bonds is 17. The minimum Gasteiger partial charge on any atom is -0.480 e. The Hall–Kier alpha value is -1.87. The summed E-state index contributed by atoms with van der Waals surface area (Å²) in [5.74, 6) is -0.525. The van der Waals surface area contributed by atoms with Crippen molar-refractivity contribution in [2.24, 2.45) is 0 Å². The van der Waals surface area contributed by atoms with E-state index in [-0.39, 0.29) is 5.91 Å². The van der Waals surface area contributed by atoms with Crippen LogP contribution in [0.25, 0.3) is 5.57 Å². The van der Waals surface area contributed by atoms with Crippen LogP contribution in [0.1, 0.15) is 75.8 Å². The Morgan fingerprint density at radius 1 is 1.18 bits per heavy atom. The second-order valence-corrected chi connectivity index (χ2v) is 12.3. The first-order chi connectivity index (χ1) is 19.4. The number of hydrogen-bond acceptors (Lipinski definition) is 6. The van der Waals surface area contributed by atoms with E-state index in [0.29, 0.717) is 31.2 Å². The number of unbranched alkanes of at least 4 members (excludes halogenated alkanes) is 1. The fraction of sp³-hybridized carbons (Fsp3) is 0.688. The second kappa shape index (κ2) is 17.8. The molecule has 1 fully saturated rings. The number of aryl methyl sites for hydroxylation is 1. The molecular formula is C32H51N3O4S. The molecule has 0 aromatic heterocycles. The maximum absolute atomic E-state index is 13.4. The third kappa shape index (κ3) is 10.5. The summed E-state index contributed by atoms with van der Waals surface area (Å²) in [6.07, 6.45) is 12.1. The van der Waals surface area contributed by atoms with Crippen LogP contribution in [-0.2, 0) is 14.3 Å². The molecule has 224 valence electrons. The molecule has 2 N–H and O–H groups in total. The normalized spacial score (nSPS) is 17.8. The summed E-state index contributed by atoms with van der Waals surface area (Å²) >= 11 is 1.59. The van der Waals surface area contributed by atoms with Crippen molar-refractivity contribution in [2.45, 2.75) is 83.8 Å². The lowest BCUT2D eigenvalue weighted by Crippen LogP contribution is -2.45. The van der Waals surface area contributed by atoms with Crippen LogP contribution in [0, 0.1) is 6.92 Å². The highest BCUT2D eigenvalue weighted by Gasteiger charge is 2.28. The third-order valence-corrected chi connectivity index (χ3v) is 8.90. The van der Waals surface area contributed by atoms with Crippen LogP contribution in [-0.4, -0.2) is 96.8 Å². The van der Waals surface area contributed by atoms with Crippen molar-refractivity contribution in [2.75, 3.05) is 57.9 Å². The van der Waals surface area contributed by atoms with Crippen LogP contribution >= 0.6 is 11.8 Å². The number of thioether (sulfide) groups is 1. The van der Waals surface area contributed by atoms with Gasteiger partial charge in [0.05, 0.1) is 12.7 Å². The Kier molecular flexibility index (Phi) is 14.6. The third-order valence-electron chi connectivity index (χ3n) is 8.26. The molecule has 8 heteroatoms. The highest BCUT2D eigenvalue weighted by atomic mass is 32.2. The molecular weight excluding hydrogens is 522 g/mol. The van der Waals surface area contributed by atoms with Crippen molar-refractivity contribution in [3.05, 3.63) is 41.0 Å². The molecule has 40 heavy (non-hydrogen) atoms. The number of carboxylic acids is 1. The van der Waals surface area contributed by atoms with Gasteiger partial charge in [-0.3, -0.25) is 14.6 Å². The summed E-state index contributed by atoms with van der Waals surface area (Å²) in [4.78, 5) is 30.2. The monoisotopic (exact) mass is 573 g/mol. The first-order valence-electron chi connectivity index (χ1n) is 15.3. The van der Waals surface area contributed by atoms with Gasteiger partial charge in [-0.15, -0.1) is 0 Å². The van der Waals surface area contributed by atoms with Crippen molar-refractivity contribution >= 4 is 29.2 Å². The Bertz CT molecular complexity index is 963. The standard InChI is InChI=1S/C32H51N3O4S/c1-4-5-17-34(21-22-39-26-12-7-6-8-13-26)19-20-35-18-15-28(29(24-35)27-14-10-9-11-25(27)2)31(36)33-30(32(37)38)16-23-40-3/h9-11,14,26,30H,4-8,12-13,15-24H2,1-3H3,(H,33,36)(H,37,38). The van der Waals surface area contributed by atoms with E-state index >= 15 is 0 Å². The average Bonchev–Trinajstić information content (AvgIpc) is 2.96. The van der Waals surface area contributed by atoms with E-state index in [9.17, 15) is 14.7 Å². The van der Waals surface area contributed by atoms with Crippen molar-refractivity contribution in [3.63, 3.8) is 0 Å². The molecule has 1 atom stereocenters. The first kappa shape index (κ1) is 32.6. The fourth-order valence-corrected chi connectivity index (χ4v) is 6.21. The Balaban J connectivity index is 1.67. The Labute approximate surface area is 246 Å². The van der Waals surface area contributed by atoms with Crippen molar-refractivity contribution in [3.8, 4) is 0 Å². The zero-order valence-corrected chi connectivity index (χ0v) is 25.8. The lowest BCUT2D eigenvalue weighted by Gasteiger charge is -2.33. The molecule has 1 aromatic rings. The molecule has 0 bridgehead atoms. The van der Waals surface area contributed by atoms with Crippen molar-refractivity contribution < 1.29 is 19.4 Å². The summed E-state index contributed by atoms with van der Waals surface area (Å²) in [6.45, 7) is 10.6. The molecule has 0 radical (unpaired) electrons. The Morgan fingerprint density at radius 2 is 1.95 bits per heavy atom. The zero-order valence-electron chi connectivity index (χ0n) is 25.0. The molecule has 1 aliphatic carbocycles. The SMILES string of the molecule is CCCCN(CCOC1CCCCC1)CCN1CCC(C(=O)NC(CCSC)C(=O)O)=C(c2ccccc2C)C1. The van der Waals surface area contributed by atoms with Gasteiger partial charge in [0, 0.05) is 38.3 Å². The molecule has 3 rings (SSSR count). The Morgan fingerprint density at radius 3 is 2.65 bits per heavy atom. The topological polar surface area (TPSA) is 82.1 Å². The summed E-state index contributed by atoms with van der Waals surface area (Å²) in [5, 5.41) is 12.5. The van der Waals surface area contributed by atoms with E-state index in [1.165, 1.54) is 44.9 Å². The van der Waals surface area contributed by atoms with E-state index in [0.717, 1.165) is 61.6 Å². The molecule has 2 aliphatic rings. The molecule has 1 unspecified atom stereocenters. The number of carbonyl (C=O) groups excluding carboxylic acids is 1. The van der Waals surface area contributed by atoms with Crippen LogP contribution in [0.2, 0.25) is 0 Å². The number of nitrogens with one attached hydrogen (secondary N) is 1. The lowest BCUT2D eigenvalue weighted by molar-refractivity contribution is -0.141.